The Morgan fingerprint density at radius 3 is 2.42 bits per heavy atom. The van der Waals surface area contributed by atoms with Gasteiger partial charge in [-0.05, 0) is 36.5 Å². The third kappa shape index (κ3) is 1.64. The summed E-state index contributed by atoms with van der Waals surface area (Å²) in [6, 6.07) is 4.24. The highest BCUT2D eigenvalue weighted by Crippen LogP contribution is 2.24. The Balaban J connectivity index is 2.08. The summed E-state index contributed by atoms with van der Waals surface area (Å²) in [5.74, 6) is 0.727. The molecule has 0 N–H and O–H groups in total. The predicted octanol–water partition coefficient (Wildman–Crippen LogP) is 1.56. The Kier molecular flexibility index (Phi) is 2.37. The number of rotatable bonds is 1. The van der Waals surface area contributed by atoms with Crippen molar-refractivity contribution in [1.82, 2.24) is 10.3 Å². The van der Waals surface area contributed by atoms with Crippen LogP contribution in [0, 0.1) is 0 Å². The van der Waals surface area contributed by atoms with Gasteiger partial charge in [-0.3, -0.25) is 4.98 Å². The third-order valence-corrected chi connectivity index (χ3v) is 2.45. The van der Waals surface area contributed by atoms with Crippen molar-refractivity contribution in [3.63, 3.8) is 0 Å². The van der Waals surface area contributed by atoms with E-state index in [1.807, 2.05) is 12.4 Å². The fourth-order valence-corrected chi connectivity index (χ4v) is 1.72. The van der Waals surface area contributed by atoms with E-state index < -0.39 is 0 Å². The first kappa shape index (κ1) is 7.74. The largest absolute Gasteiger partial charge is 0.265 e. The lowest BCUT2D eigenvalue weighted by Gasteiger charge is -2.21. The summed E-state index contributed by atoms with van der Waals surface area (Å²) in [4.78, 5) is 4.02. The van der Waals surface area contributed by atoms with Crippen molar-refractivity contribution in [3.8, 4) is 0 Å². The first-order valence-corrected chi connectivity index (χ1v) is 4.50. The Bertz CT molecular complexity index is 227. The average molecular weight is 161 g/mol. The van der Waals surface area contributed by atoms with Crippen LogP contribution >= 0.6 is 0 Å². The van der Waals surface area contributed by atoms with Crippen molar-refractivity contribution in [3.05, 3.63) is 30.1 Å². The van der Waals surface area contributed by atoms with E-state index in [0.717, 1.165) is 19.0 Å². The van der Waals surface area contributed by atoms with Gasteiger partial charge in [0.2, 0.25) is 0 Å². The number of aromatic nitrogens is 1. The number of hydrogen-bond donors (Lipinski definition) is 0. The van der Waals surface area contributed by atoms with Gasteiger partial charge in [-0.2, -0.15) is 0 Å². The van der Waals surface area contributed by atoms with Gasteiger partial charge in [-0.15, -0.1) is 0 Å². The lowest BCUT2D eigenvalue weighted by atomic mass is 9.91. The molecule has 0 aliphatic carbocycles. The molecule has 2 heteroatoms. The fraction of sp³-hybridized carbons (Fsp3) is 0.500. The van der Waals surface area contributed by atoms with Crippen molar-refractivity contribution in [1.29, 1.82) is 0 Å². The summed E-state index contributed by atoms with van der Waals surface area (Å²) in [7, 11) is 0. The highest BCUT2D eigenvalue weighted by atomic mass is 14.9. The zero-order valence-corrected chi connectivity index (χ0v) is 7.11. The van der Waals surface area contributed by atoms with Crippen LogP contribution in [0.3, 0.4) is 0 Å². The molecule has 1 radical (unpaired) electrons. The first-order valence-electron chi connectivity index (χ1n) is 4.50. The summed E-state index contributed by atoms with van der Waals surface area (Å²) in [6.45, 7) is 2.07. The molecule has 0 saturated carbocycles. The second kappa shape index (κ2) is 3.68. The zero-order valence-electron chi connectivity index (χ0n) is 7.11. The minimum atomic E-state index is 0.727. The molecule has 2 rings (SSSR count). The molecule has 0 aromatic carbocycles. The van der Waals surface area contributed by atoms with Crippen LogP contribution in [0.25, 0.3) is 0 Å². The Labute approximate surface area is 73.0 Å². The first-order chi connectivity index (χ1) is 5.97. The van der Waals surface area contributed by atoms with E-state index in [2.05, 4.69) is 22.4 Å². The minimum Gasteiger partial charge on any atom is -0.265 e. The summed E-state index contributed by atoms with van der Waals surface area (Å²) in [5, 5.41) is 4.34. The molecule has 2 nitrogen and oxygen atoms in total. The van der Waals surface area contributed by atoms with Gasteiger partial charge in [-0.1, -0.05) is 0 Å². The van der Waals surface area contributed by atoms with E-state index in [-0.39, 0.29) is 0 Å². The molecule has 0 atom stereocenters. The Morgan fingerprint density at radius 1 is 1.08 bits per heavy atom. The lowest BCUT2D eigenvalue weighted by molar-refractivity contribution is 0.453. The van der Waals surface area contributed by atoms with E-state index in [0.29, 0.717) is 0 Å². The molecular formula is C10H13N2. The minimum absolute atomic E-state index is 0.727. The van der Waals surface area contributed by atoms with Crippen LogP contribution in [0.4, 0.5) is 0 Å². The molecule has 12 heavy (non-hydrogen) atoms. The molecule has 2 heterocycles. The van der Waals surface area contributed by atoms with Crippen molar-refractivity contribution < 1.29 is 0 Å². The molecule has 1 saturated heterocycles. The van der Waals surface area contributed by atoms with Crippen molar-refractivity contribution in [2.45, 2.75) is 18.8 Å². The summed E-state index contributed by atoms with van der Waals surface area (Å²) in [6.07, 6.45) is 6.18. The number of nitrogens with zero attached hydrogens (tertiary/aromatic N) is 2. The molecule has 63 valence electrons. The second-order valence-corrected chi connectivity index (χ2v) is 3.23. The zero-order chi connectivity index (χ0) is 8.23. The van der Waals surface area contributed by atoms with Gasteiger partial charge in [-0.25, -0.2) is 5.32 Å². The van der Waals surface area contributed by atoms with Crippen LogP contribution in [0.1, 0.15) is 24.3 Å². The number of piperidine rings is 1. The average Bonchev–Trinajstić information content (AvgIpc) is 2.21. The SMILES string of the molecule is c1cc(C2CC[N]CC2)ccn1. The molecule has 0 spiro atoms. The predicted molar refractivity (Wildman–Crippen MR) is 48.1 cm³/mol. The van der Waals surface area contributed by atoms with Crippen molar-refractivity contribution in [2.75, 3.05) is 13.1 Å². The highest BCUT2D eigenvalue weighted by Gasteiger charge is 2.14. The van der Waals surface area contributed by atoms with Crippen LogP contribution in [0.5, 0.6) is 0 Å². The van der Waals surface area contributed by atoms with E-state index in [9.17, 15) is 0 Å². The number of hydrogen-bond acceptors (Lipinski definition) is 1. The number of pyridine rings is 1. The van der Waals surface area contributed by atoms with Crippen LogP contribution < -0.4 is 5.32 Å². The molecule has 1 fully saturated rings. The molecular weight excluding hydrogens is 148 g/mol. The maximum Gasteiger partial charge on any atom is 0.0270 e. The van der Waals surface area contributed by atoms with Gasteiger partial charge >= 0.3 is 0 Å². The van der Waals surface area contributed by atoms with Gasteiger partial charge in [0.05, 0.1) is 0 Å². The molecule has 0 unspecified atom stereocenters. The molecule has 0 bridgehead atoms. The van der Waals surface area contributed by atoms with E-state index >= 15 is 0 Å². The van der Waals surface area contributed by atoms with E-state index in [1.54, 1.807) is 0 Å². The van der Waals surface area contributed by atoms with Crippen molar-refractivity contribution >= 4 is 0 Å². The molecule has 0 amide bonds. The van der Waals surface area contributed by atoms with Crippen LogP contribution in [-0.2, 0) is 0 Å². The molecule has 1 aromatic rings. The Hall–Kier alpha value is -0.890. The maximum absolute atomic E-state index is 4.34. The topological polar surface area (TPSA) is 27.0 Å². The van der Waals surface area contributed by atoms with Gasteiger partial charge in [0, 0.05) is 25.5 Å². The molecule has 1 aliphatic rings. The smallest absolute Gasteiger partial charge is 0.0270 e. The fourth-order valence-electron chi connectivity index (χ4n) is 1.72. The monoisotopic (exact) mass is 161 g/mol. The van der Waals surface area contributed by atoms with Gasteiger partial charge in [0.1, 0.15) is 0 Å². The quantitative estimate of drug-likeness (QED) is 0.614. The third-order valence-electron chi connectivity index (χ3n) is 2.45. The van der Waals surface area contributed by atoms with Gasteiger partial charge in [0.15, 0.2) is 0 Å². The van der Waals surface area contributed by atoms with E-state index in [4.69, 9.17) is 0 Å². The molecule has 1 aliphatic heterocycles. The van der Waals surface area contributed by atoms with Crippen LogP contribution in [-0.4, -0.2) is 18.1 Å². The van der Waals surface area contributed by atoms with Crippen LogP contribution in [0.2, 0.25) is 0 Å². The molecule has 1 aromatic heterocycles. The van der Waals surface area contributed by atoms with Crippen molar-refractivity contribution in [2.24, 2.45) is 0 Å². The van der Waals surface area contributed by atoms with E-state index in [1.165, 1.54) is 18.4 Å². The summed E-state index contributed by atoms with van der Waals surface area (Å²) >= 11 is 0. The standard InChI is InChI=1S/C10H13N2/c1-5-11-6-2-9(1)10-3-7-12-8-4-10/h1-2,5-6,10H,3-4,7-8H2. The summed E-state index contributed by atoms with van der Waals surface area (Å²) < 4.78 is 0. The highest BCUT2D eigenvalue weighted by molar-refractivity contribution is 5.16. The Morgan fingerprint density at radius 2 is 1.75 bits per heavy atom. The maximum atomic E-state index is 4.34. The second-order valence-electron chi connectivity index (χ2n) is 3.23. The lowest BCUT2D eigenvalue weighted by Crippen LogP contribution is -2.20. The van der Waals surface area contributed by atoms with Crippen LogP contribution in [0.15, 0.2) is 24.5 Å². The normalized spacial score (nSPS) is 19.3. The van der Waals surface area contributed by atoms with Gasteiger partial charge in [0.25, 0.3) is 0 Å². The summed E-state index contributed by atoms with van der Waals surface area (Å²) in [5.41, 5.74) is 1.43. The van der Waals surface area contributed by atoms with Gasteiger partial charge < -0.3 is 0 Å².